The van der Waals surface area contributed by atoms with E-state index in [9.17, 15) is 9.36 Å². The van der Waals surface area contributed by atoms with Gasteiger partial charge in [-0.2, -0.15) is 0 Å². The van der Waals surface area contributed by atoms with Crippen LogP contribution in [0.4, 0.5) is 0 Å². The van der Waals surface area contributed by atoms with Crippen molar-refractivity contribution < 1.29 is 23.1 Å². The number of alkyl halides is 1. The molecule has 0 saturated heterocycles. The molecule has 0 aromatic carbocycles. The molecule has 0 aliphatic carbocycles. The zero-order chi connectivity index (χ0) is 15.4. The monoisotopic (exact) mass is 326 g/mol. The van der Waals surface area contributed by atoms with Crippen molar-refractivity contribution in [1.82, 2.24) is 0 Å². The van der Waals surface area contributed by atoms with Gasteiger partial charge in [-0.15, -0.1) is 11.6 Å². The highest BCUT2D eigenvalue weighted by Crippen LogP contribution is 2.54. The number of esters is 1. The van der Waals surface area contributed by atoms with Gasteiger partial charge in [0.25, 0.3) is 0 Å². The SMILES string of the molecule is C=CC(OC(=O)CCl)P(=O)(OCCCC)OCCCC. The molecule has 1 unspecified atom stereocenters. The Labute approximate surface area is 126 Å². The van der Waals surface area contributed by atoms with Crippen LogP contribution >= 0.6 is 19.2 Å². The third-order valence-electron chi connectivity index (χ3n) is 2.41. The molecule has 0 radical (unpaired) electrons. The fourth-order valence-electron chi connectivity index (χ4n) is 1.26. The number of hydrogen-bond acceptors (Lipinski definition) is 5. The Kier molecular flexibility index (Phi) is 11.1. The summed E-state index contributed by atoms with van der Waals surface area (Å²) >= 11 is 5.38. The standard InChI is InChI=1S/C13H24ClO5P/c1-4-7-9-17-20(16,18-10-8-5-2)13(6-3)19-12(15)11-14/h6,13H,3-5,7-11H2,1-2H3. The normalized spacial score (nSPS) is 12.9. The first-order valence-corrected chi connectivity index (χ1v) is 8.95. The van der Waals surface area contributed by atoms with Crippen LogP contribution in [0.3, 0.4) is 0 Å². The lowest BCUT2D eigenvalue weighted by Gasteiger charge is -2.24. The third-order valence-corrected chi connectivity index (χ3v) is 4.66. The first kappa shape index (κ1) is 19.7. The second-order valence-corrected chi connectivity index (χ2v) is 6.54. The van der Waals surface area contributed by atoms with E-state index < -0.39 is 19.4 Å². The van der Waals surface area contributed by atoms with Crippen LogP contribution in [-0.2, 0) is 23.1 Å². The van der Waals surface area contributed by atoms with E-state index in [1.54, 1.807) is 0 Å². The second-order valence-electron chi connectivity index (χ2n) is 4.16. The zero-order valence-electron chi connectivity index (χ0n) is 12.2. The van der Waals surface area contributed by atoms with Gasteiger partial charge in [0.05, 0.1) is 13.2 Å². The summed E-state index contributed by atoms with van der Waals surface area (Å²) in [6.45, 7) is 8.06. The minimum Gasteiger partial charge on any atom is -0.444 e. The van der Waals surface area contributed by atoms with E-state index in [0.29, 0.717) is 0 Å². The van der Waals surface area contributed by atoms with Crippen molar-refractivity contribution in [2.24, 2.45) is 0 Å². The summed E-state index contributed by atoms with van der Waals surface area (Å²) in [6, 6.07) is 0. The summed E-state index contributed by atoms with van der Waals surface area (Å²) < 4.78 is 28.4. The fraction of sp³-hybridized carbons (Fsp3) is 0.769. The summed E-state index contributed by atoms with van der Waals surface area (Å²) in [5.41, 5.74) is 0. The molecule has 5 nitrogen and oxygen atoms in total. The number of rotatable bonds is 12. The Morgan fingerprint density at radius 1 is 1.25 bits per heavy atom. The molecule has 0 bridgehead atoms. The molecule has 0 aromatic heterocycles. The number of hydrogen-bond donors (Lipinski definition) is 0. The lowest BCUT2D eigenvalue weighted by Crippen LogP contribution is -2.20. The Hall–Kier alpha value is -0.350. The van der Waals surface area contributed by atoms with Crippen LogP contribution < -0.4 is 0 Å². The van der Waals surface area contributed by atoms with Gasteiger partial charge in [0.15, 0.2) is 0 Å². The molecule has 0 amide bonds. The summed E-state index contributed by atoms with van der Waals surface area (Å²) in [4.78, 5) is 11.3. The van der Waals surface area contributed by atoms with Gasteiger partial charge >= 0.3 is 13.6 Å². The molecule has 0 aromatic rings. The summed E-state index contributed by atoms with van der Waals surface area (Å²) in [6.07, 6.45) is 4.54. The van der Waals surface area contributed by atoms with E-state index >= 15 is 0 Å². The minimum atomic E-state index is -3.58. The highest BCUT2D eigenvalue weighted by atomic mass is 35.5. The number of carbonyl (C=O) groups excluding carboxylic acids is 1. The lowest BCUT2D eigenvalue weighted by atomic mass is 10.4. The molecule has 0 fully saturated rings. The van der Waals surface area contributed by atoms with Gasteiger partial charge in [0.1, 0.15) is 5.88 Å². The van der Waals surface area contributed by atoms with Gasteiger partial charge in [-0.1, -0.05) is 33.3 Å². The molecule has 0 aliphatic heterocycles. The zero-order valence-corrected chi connectivity index (χ0v) is 13.8. The van der Waals surface area contributed by atoms with Gasteiger partial charge in [0, 0.05) is 0 Å². The predicted molar refractivity (Wildman–Crippen MR) is 80.1 cm³/mol. The van der Waals surface area contributed by atoms with Gasteiger partial charge in [-0.05, 0) is 18.9 Å². The van der Waals surface area contributed by atoms with Crippen LogP contribution in [0.25, 0.3) is 0 Å². The van der Waals surface area contributed by atoms with E-state index in [-0.39, 0.29) is 19.1 Å². The van der Waals surface area contributed by atoms with E-state index in [4.69, 9.17) is 25.4 Å². The number of carbonyl (C=O) groups is 1. The lowest BCUT2D eigenvalue weighted by molar-refractivity contribution is -0.141. The first-order valence-electron chi connectivity index (χ1n) is 6.80. The average Bonchev–Trinajstić information content (AvgIpc) is 2.44. The van der Waals surface area contributed by atoms with Crippen LogP contribution in [0.5, 0.6) is 0 Å². The molecular weight excluding hydrogens is 303 g/mol. The average molecular weight is 327 g/mol. The van der Waals surface area contributed by atoms with E-state index in [1.165, 1.54) is 6.08 Å². The van der Waals surface area contributed by atoms with Crippen molar-refractivity contribution >= 4 is 25.2 Å². The van der Waals surface area contributed by atoms with E-state index in [0.717, 1.165) is 25.7 Å². The van der Waals surface area contributed by atoms with Gasteiger partial charge in [-0.25, -0.2) is 0 Å². The van der Waals surface area contributed by atoms with Crippen molar-refractivity contribution in [3.63, 3.8) is 0 Å². The quantitative estimate of drug-likeness (QED) is 0.177. The largest absolute Gasteiger partial charge is 0.444 e. The maximum absolute atomic E-state index is 12.7. The van der Waals surface area contributed by atoms with Gasteiger partial charge < -0.3 is 13.8 Å². The molecule has 0 spiro atoms. The highest BCUT2D eigenvalue weighted by molar-refractivity contribution is 7.54. The molecule has 0 aliphatic rings. The molecule has 0 heterocycles. The molecule has 0 rings (SSSR count). The first-order chi connectivity index (χ1) is 9.53. The molecule has 118 valence electrons. The van der Waals surface area contributed by atoms with Crippen molar-refractivity contribution in [3.05, 3.63) is 12.7 Å². The summed E-state index contributed by atoms with van der Waals surface area (Å²) in [5.74, 6) is -2.13. The Bertz CT molecular complexity index is 321. The van der Waals surface area contributed by atoms with Crippen LogP contribution in [0.2, 0.25) is 0 Å². The van der Waals surface area contributed by atoms with Crippen molar-refractivity contribution in [2.75, 3.05) is 19.1 Å². The molecule has 0 saturated carbocycles. The number of halogens is 1. The van der Waals surface area contributed by atoms with Crippen molar-refractivity contribution in [1.29, 1.82) is 0 Å². The number of ether oxygens (including phenoxy) is 1. The van der Waals surface area contributed by atoms with Crippen molar-refractivity contribution in [2.45, 2.75) is 45.4 Å². The maximum Gasteiger partial charge on any atom is 0.374 e. The fourth-order valence-corrected chi connectivity index (χ4v) is 2.97. The smallest absolute Gasteiger partial charge is 0.374 e. The third kappa shape index (κ3) is 7.44. The van der Waals surface area contributed by atoms with Crippen molar-refractivity contribution in [3.8, 4) is 0 Å². The highest BCUT2D eigenvalue weighted by Gasteiger charge is 2.37. The second kappa shape index (κ2) is 11.3. The summed E-state index contributed by atoms with van der Waals surface area (Å²) in [5, 5.41) is 0. The Morgan fingerprint density at radius 2 is 1.75 bits per heavy atom. The van der Waals surface area contributed by atoms with Crippen LogP contribution in [0, 0.1) is 0 Å². The van der Waals surface area contributed by atoms with E-state index in [2.05, 4.69) is 6.58 Å². The molecule has 20 heavy (non-hydrogen) atoms. The van der Waals surface area contributed by atoms with Crippen LogP contribution in [0.15, 0.2) is 12.7 Å². The topological polar surface area (TPSA) is 61.8 Å². The maximum atomic E-state index is 12.7. The van der Waals surface area contributed by atoms with Crippen LogP contribution in [-0.4, -0.2) is 30.9 Å². The molecular formula is C13H24ClO5P. The predicted octanol–water partition coefficient (Wildman–Crippen LogP) is 4.11. The Morgan fingerprint density at radius 3 is 2.10 bits per heavy atom. The van der Waals surface area contributed by atoms with Crippen LogP contribution in [0.1, 0.15) is 39.5 Å². The van der Waals surface area contributed by atoms with Gasteiger partial charge in [0.2, 0.25) is 5.85 Å². The number of unbranched alkanes of at least 4 members (excludes halogenated alkanes) is 2. The van der Waals surface area contributed by atoms with Gasteiger partial charge in [-0.3, -0.25) is 9.36 Å². The molecule has 1 atom stereocenters. The minimum absolute atomic E-state index is 0.280. The Balaban J connectivity index is 4.79. The van der Waals surface area contributed by atoms with E-state index in [1.807, 2.05) is 13.8 Å². The molecule has 0 N–H and O–H groups in total. The molecule has 7 heteroatoms. The summed E-state index contributed by atoms with van der Waals surface area (Å²) in [7, 11) is -3.58.